The average Bonchev–Trinajstić information content (AvgIpc) is 2.77. The Morgan fingerprint density at radius 2 is 1.58 bits per heavy atom. The molecule has 1 unspecified atom stereocenters. The van der Waals surface area contributed by atoms with Crippen molar-refractivity contribution in [1.29, 1.82) is 0 Å². The largest absolute Gasteiger partial charge is 0.435 e. The lowest BCUT2D eigenvalue weighted by Gasteiger charge is -2.13. The van der Waals surface area contributed by atoms with Crippen LogP contribution in [0.25, 0.3) is 0 Å². The quantitative estimate of drug-likeness (QED) is 0.367. The standard InChI is InChI=1S/C23H22ClF2NO4S.ClH/c24-18-3-1-2-17(14-18)22(28)15-27-13-12-16-4-8-20(9-5-16)32(29,30)21-10-6-19(7-11-21)31-23(25)26;/h1-11,14,22-23,27-28H,12-13,15H2;1H. The van der Waals surface area contributed by atoms with Gasteiger partial charge in [0.25, 0.3) is 0 Å². The molecule has 10 heteroatoms. The van der Waals surface area contributed by atoms with Gasteiger partial charge in [0, 0.05) is 11.6 Å². The number of sulfone groups is 1. The summed E-state index contributed by atoms with van der Waals surface area (Å²) in [5.74, 6) is -0.109. The first-order chi connectivity index (χ1) is 15.3. The maximum atomic E-state index is 12.7. The summed E-state index contributed by atoms with van der Waals surface area (Å²) < 4.78 is 54.2. The van der Waals surface area contributed by atoms with Gasteiger partial charge in [0.2, 0.25) is 9.84 Å². The van der Waals surface area contributed by atoms with Gasteiger partial charge in [-0.25, -0.2) is 8.42 Å². The van der Waals surface area contributed by atoms with Crippen molar-refractivity contribution in [3.8, 4) is 5.75 Å². The highest BCUT2D eigenvalue weighted by Crippen LogP contribution is 2.24. The van der Waals surface area contributed by atoms with Crippen LogP contribution in [0.5, 0.6) is 5.75 Å². The Hall–Kier alpha value is -2.23. The van der Waals surface area contributed by atoms with Crippen LogP contribution < -0.4 is 10.1 Å². The first kappa shape index (κ1) is 27.0. The Kier molecular flexibility index (Phi) is 10.1. The summed E-state index contributed by atoms with van der Waals surface area (Å²) in [6.07, 6.45) is -0.0406. The first-order valence-electron chi connectivity index (χ1n) is 9.79. The summed E-state index contributed by atoms with van der Waals surface area (Å²) in [5.41, 5.74) is 1.66. The van der Waals surface area contributed by atoms with Crippen LogP contribution in [0.2, 0.25) is 5.02 Å². The van der Waals surface area contributed by atoms with E-state index in [-0.39, 0.29) is 27.9 Å². The van der Waals surface area contributed by atoms with Crippen LogP contribution in [0.3, 0.4) is 0 Å². The van der Waals surface area contributed by atoms with Crippen molar-refractivity contribution in [3.05, 3.63) is 88.9 Å². The number of aliphatic hydroxyl groups excluding tert-OH is 1. The lowest BCUT2D eigenvalue weighted by molar-refractivity contribution is -0.0498. The Morgan fingerprint density at radius 1 is 0.970 bits per heavy atom. The Labute approximate surface area is 202 Å². The van der Waals surface area contributed by atoms with E-state index < -0.39 is 22.6 Å². The third-order valence-electron chi connectivity index (χ3n) is 4.75. The highest BCUT2D eigenvalue weighted by molar-refractivity contribution is 7.91. The van der Waals surface area contributed by atoms with Gasteiger partial charge in [-0.05, 0) is 72.6 Å². The lowest BCUT2D eigenvalue weighted by atomic mass is 10.1. The molecule has 0 bridgehead atoms. The number of aliphatic hydroxyl groups is 1. The van der Waals surface area contributed by atoms with Crippen molar-refractivity contribution in [3.63, 3.8) is 0 Å². The molecule has 0 amide bonds. The van der Waals surface area contributed by atoms with Crippen LogP contribution in [0.4, 0.5) is 8.78 Å². The Balaban J connectivity index is 0.00000385. The van der Waals surface area contributed by atoms with Crippen LogP contribution in [-0.4, -0.2) is 33.2 Å². The molecule has 0 heterocycles. The maximum absolute atomic E-state index is 12.7. The predicted octanol–water partition coefficient (Wildman–Crippen LogP) is 5.06. The number of halogens is 4. The zero-order chi connectivity index (χ0) is 23.1. The predicted molar refractivity (Wildman–Crippen MR) is 125 cm³/mol. The molecule has 3 aromatic carbocycles. The van der Waals surface area contributed by atoms with E-state index in [2.05, 4.69) is 10.1 Å². The zero-order valence-electron chi connectivity index (χ0n) is 17.3. The van der Waals surface area contributed by atoms with Crippen LogP contribution in [-0.2, 0) is 16.3 Å². The molecule has 0 saturated carbocycles. The summed E-state index contributed by atoms with van der Waals surface area (Å²) in [6.45, 7) is -2.02. The lowest BCUT2D eigenvalue weighted by Crippen LogP contribution is -2.23. The molecule has 0 radical (unpaired) electrons. The van der Waals surface area contributed by atoms with Gasteiger partial charge in [-0.15, -0.1) is 12.4 Å². The number of hydrogen-bond donors (Lipinski definition) is 2. The normalized spacial score (nSPS) is 12.3. The molecular weight excluding hydrogens is 495 g/mol. The van der Waals surface area contributed by atoms with Crippen molar-refractivity contribution in [1.82, 2.24) is 5.32 Å². The molecule has 3 aromatic rings. The second-order valence-electron chi connectivity index (χ2n) is 7.02. The van der Waals surface area contributed by atoms with E-state index in [0.717, 1.165) is 11.1 Å². The van der Waals surface area contributed by atoms with Gasteiger partial charge in [0.1, 0.15) is 5.75 Å². The first-order valence-corrected chi connectivity index (χ1v) is 11.6. The minimum Gasteiger partial charge on any atom is -0.435 e. The number of benzene rings is 3. The fourth-order valence-corrected chi connectivity index (χ4v) is 4.53. The van der Waals surface area contributed by atoms with Crippen LogP contribution in [0, 0.1) is 0 Å². The summed E-state index contributed by atoms with van der Waals surface area (Å²) in [4.78, 5) is 0.0941. The maximum Gasteiger partial charge on any atom is 0.387 e. The molecule has 3 rings (SSSR count). The van der Waals surface area contributed by atoms with Gasteiger partial charge in [0.05, 0.1) is 15.9 Å². The van der Waals surface area contributed by atoms with Gasteiger partial charge < -0.3 is 15.2 Å². The third-order valence-corrected chi connectivity index (χ3v) is 6.78. The van der Waals surface area contributed by atoms with Gasteiger partial charge >= 0.3 is 6.61 Å². The molecule has 33 heavy (non-hydrogen) atoms. The van der Waals surface area contributed by atoms with Gasteiger partial charge in [-0.1, -0.05) is 35.9 Å². The van der Waals surface area contributed by atoms with Crippen molar-refractivity contribution in [2.24, 2.45) is 0 Å². The van der Waals surface area contributed by atoms with E-state index in [4.69, 9.17) is 11.6 Å². The third kappa shape index (κ3) is 7.65. The van der Waals surface area contributed by atoms with E-state index >= 15 is 0 Å². The van der Waals surface area contributed by atoms with Gasteiger partial charge in [-0.2, -0.15) is 8.78 Å². The average molecular weight is 518 g/mol. The summed E-state index contributed by atoms with van der Waals surface area (Å²) >= 11 is 5.93. The molecule has 0 saturated heterocycles. The van der Waals surface area contributed by atoms with Crippen molar-refractivity contribution >= 4 is 33.8 Å². The van der Waals surface area contributed by atoms with Crippen molar-refractivity contribution in [2.45, 2.75) is 28.9 Å². The molecule has 2 N–H and O–H groups in total. The molecule has 178 valence electrons. The smallest absolute Gasteiger partial charge is 0.387 e. The molecule has 0 fully saturated rings. The van der Waals surface area contributed by atoms with E-state index in [1.165, 1.54) is 36.4 Å². The van der Waals surface area contributed by atoms with E-state index in [0.29, 0.717) is 24.5 Å². The molecule has 1 atom stereocenters. The van der Waals surface area contributed by atoms with Crippen molar-refractivity contribution in [2.75, 3.05) is 13.1 Å². The number of nitrogens with one attached hydrogen (secondary N) is 1. The highest BCUT2D eigenvalue weighted by Gasteiger charge is 2.18. The minimum atomic E-state index is -3.77. The second kappa shape index (κ2) is 12.3. The van der Waals surface area contributed by atoms with E-state index in [9.17, 15) is 22.3 Å². The second-order valence-corrected chi connectivity index (χ2v) is 9.41. The Bertz CT molecular complexity index is 1130. The monoisotopic (exact) mass is 517 g/mol. The fraction of sp³-hybridized carbons (Fsp3) is 0.217. The summed E-state index contributed by atoms with van der Waals surface area (Å²) in [5, 5.41) is 13.9. The van der Waals surface area contributed by atoms with Gasteiger partial charge in [0.15, 0.2) is 0 Å². The van der Waals surface area contributed by atoms with Crippen LogP contribution in [0.15, 0.2) is 82.6 Å². The van der Waals surface area contributed by atoms with E-state index in [1.54, 1.807) is 36.4 Å². The molecule has 0 spiro atoms. The number of ether oxygens (including phenoxy) is 1. The van der Waals surface area contributed by atoms with Crippen molar-refractivity contribution < 1.29 is 27.0 Å². The molecular formula is C23H23Cl2F2NO4S. The number of hydrogen-bond acceptors (Lipinski definition) is 5. The number of alkyl halides is 2. The molecule has 5 nitrogen and oxygen atoms in total. The molecule has 0 aliphatic rings. The molecule has 0 aromatic heterocycles. The molecule has 0 aliphatic carbocycles. The summed E-state index contributed by atoms with van der Waals surface area (Å²) in [6, 6.07) is 18.3. The topological polar surface area (TPSA) is 75.6 Å². The zero-order valence-corrected chi connectivity index (χ0v) is 19.7. The fourth-order valence-electron chi connectivity index (χ4n) is 3.07. The highest BCUT2D eigenvalue weighted by atomic mass is 35.5. The Morgan fingerprint density at radius 3 is 2.15 bits per heavy atom. The summed E-state index contributed by atoms with van der Waals surface area (Å²) in [7, 11) is -3.77. The minimum absolute atomic E-state index is 0. The number of rotatable bonds is 10. The molecule has 0 aliphatic heterocycles. The van der Waals surface area contributed by atoms with E-state index in [1.807, 2.05) is 0 Å². The van der Waals surface area contributed by atoms with Crippen LogP contribution >= 0.6 is 24.0 Å². The van der Waals surface area contributed by atoms with Crippen LogP contribution in [0.1, 0.15) is 17.2 Å². The van der Waals surface area contributed by atoms with Gasteiger partial charge in [-0.3, -0.25) is 0 Å². The SMILES string of the molecule is Cl.O=S(=O)(c1ccc(CCNCC(O)c2cccc(Cl)c2)cc1)c1ccc(OC(F)F)cc1.